The molecule has 1 saturated heterocycles. The number of rotatable bonds is 9. The Morgan fingerprint density at radius 3 is 2.11 bits per heavy atom. The van der Waals surface area contributed by atoms with Gasteiger partial charge in [-0.2, -0.15) is 0 Å². The largest absolute Gasteiger partial charge is 0.493 e. The first-order valence-electron chi connectivity index (χ1n) is 11.7. The van der Waals surface area contributed by atoms with Crippen LogP contribution in [0.3, 0.4) is 0 Å². The lowest BCUT2D eigenvalue weighted by molar-refractivity contribution is -0.126. The maximum atomic E-state index is 13.0. The molecule has 2 N–H and O–H groups in total. The molecule has 0 radical (unpaired) electrons. The number of benzene rings is 2. The average Bonchev–Trinajstić information content (AvgIpc) is 3.65. The number of hydrogen-bond acceptors (Lipinski definition) is 6. The molecule has 2 aromatic carbocycles. The third-order valence-electron chi connectivity index (χ3n) is 6.44. The van der Waals surface area contributed by atoms with Crippen LogP contribution in [0.15, 0.2) is 36.4 Å². The Balaban J connectivity index is 1.39. The molecular weight excluding hydrogens is 450 g/mol. The summed E-state index contributed by atoms with van der Waals surface area (Å²) < 4.78 is 16.1. The van der Waals surface area contributed by atoms with E-state index < -0.39 is 5.92 Å². The van der Waals surface area contributed by atoms with E-state index in [4.69, 9.17) is 14.2 Å². The SMILES string of the molecule is COc1cc(N2CC(C(=O)NC(C)c3ccc(NC(=O)C4CC4)cc3)CC2=O)cc(OC)c1OC. The van der Waals surface area contributed by atoms with Gasteiger partial charge >= 0.3 is 0 Å². The first kappa shape index (κ1) is 24.4. The fourth-order valence-corrected chi connectivity index (χ4v) is 4.22. The van der Waals surface area contributed by atoms with Crippen molar-refractivity contribution in [3.05, 3.63) is 42.0 Å². The lowest BCUT2D eigenvalue weighted by atomic mass is 10.0. The molecule has 2 fully saturated rings. The number of hydrogen-bond donors (Lipinski definition) is 2. The van der Waals surface area contributed by atoms with Crippen molar-refractivity contribution >= 4 is 29.1 Å². The molecule has 1 aliphatic carbocycles. The molecule has 2 aromatic rings. The third-order valence-corrected chi connectivity index (χ3v) is 6.44. The van der Waals surface area contributed by atoms with Gasteiger partial charge in [0.15, 0.2) is 11.5 Å². The molecular formula is C26H31N3O6. The zero-order valence-electron chi connectivity index (χ0n) is 20.4. The Kier molecular flexibility index (Phi) is 7.14. The van der Waals surface area contributed by atoms with Gasteiger partial charge in [0, 0.05) is 36.7 Å². The number of ether oxygens (including phenoxy) is 3. The minimum atomic E-state index is -0.485. The molecule has 35 heavy (non-hydrogen) atoms. The highest BCUT2D eigenvalue weighted by atomic mass is 16.5. The quantitative estimate of drug-likeness (QED) is 0.569. The monoisotopic (exact) mass is 481 g/mol. The minimum absolute atomic E-state index is 0.0571. The van der Waals surface area contributed by atoms with Crippen LogP contribution >= 0.6 is 0 Å². The molecule has 1 aliphatic heterocycles. The van der Waals surface area contributed by atoms with E-state index in [0.29, 0.717) is 22.9 Å². The topological polar surface area (TPSA) is 106 Å². The maximum absolute atomic E-state index is 13.0. The Bertz CT molecular complexity index is 1090. The van der Waals surface area contributed by atoms with E-state index in [-0.39, 0.29) is 42.6 Å². The standard InChI is InChI=1S/C26H31N3O6/c1-15(16-7-9-19(10-8-16)28-25(31)17-5-6-17)27-26(32)18-11-23(30)29(14-18)20-12-21(33-2)24(35-4)22(13-20)34-3/h7-10,12-13,15,17-18H,5-6,11,14H2,1-4H3,(H,27,32)(H,28,31). The van der Waals surface area contributed by atoms with E-state index in [0.717, 1.165) is 24.1 Å². The van der Waals surface area contributed by atoms with Crippen molar-refractivity contribution in [3.8, 4) is 17.2 Å². The van der Waals surface area contributed by atoms with E-state index >= 15 is 0 Å². The summed E-state index contributed by atoms with van der Waals surface area (Å²) in [4.78, 5) is 39.2. The van der Waals surface area contributed by atoms with Gasteiger partial charge in [-0.1, -0.05) is 12.1 Å². The van der Waals surface area contributed by atoms with Gasteiger partial charge in [0.25, 0.3) is 0 Å². The molecule has 2 unspecified atom stereocenters. The van der Waals surface area contributed by atoms with Crippen molar-refractivity contribution in [2.24, 2.45) is 11.8 Å². The highest BCUT2D eigenvalue weighted by molar-refractivity contribution is 6.01. The van der Waals surface area contributed by atoms with Gasteiger partial charge in [-0.05, 0) is 37.5 Å². The molecule has 4 rings (SSSR count). The van der Waals surface area contributed by atoms with Crippen molar-refractivity contribution in [2.75, 3.05) is 38.1 Å². The van der Waals surface area contributed by atoms with Gasteiger partial charge in [-0.3, -0.25) is 14.4 Å². The molecule has 2 atom stereocenters. The second kappa shape index (κ2) is 10.2. The van der Waals surface area contributed by atoms with Gasteiger partial charge < -0.3 is 29.7 Å². The van der Waals surface area contributed by atoms with Crippen molar-refractivity contribution < 1.29 is 28.6 Å². The normalized spacial score (nSPS) is 18.1. The van der Waals surface area contributed by atoms with Gasteiger partial charge in [-0.25, -0.2) is 0 Å². The van der Waals surface area contributed by atoms with E-state index in [1.54, 1.807) is 17.0 Å². The van der Waals surface area contributed by atoms with Crippen LogP contribution in [0.25, 0.3) is 0 Å². The van der Waals surface area contributed by atoms with Crippen LogP contribution in [0.4, 0.5) is 11.4 Å². The Morgan fingerprint density at radius 2 is 1.57 bits per heavy atom. The number of nitrogens with zero attached hydrogens (tertiary/aromatic N) is 1. The van der Waals surface area contributed by atoms with Crippen LogP contribution in [-0.4, -0.2) is 45.6 Å². The molecule has 2 aliphatic rings. The molecule has 0 bridgehead atoms. The Morgan fingerprint density at radius 1 is 0.943 bits per heavy atom. The van der Waals surface area contributed by atoms with Crippen molar-refractivity contribution in [1.29, 1.82) is 0 Å². The van der Waals surface area contributed by atoms with Crippen molar-refractivity contribution in [1.82, 2.24) is 5.32 Å². The van der Waals surface area contributed by atoms with E-state index in [1.807, 2.05) is 31.2 Å². The molecule has 1 heterocycles. The number of anilines is 2. The first-order valence-corrected chi connectivity index (χ1v) is 11.7. The van der Waals surface area contributed by atoms with E-state index in [1.165, 1.54) is 21.3 Å². The summed E-state index contributed by atoms with van der Waals surface area (Å²) in [6, 6.07) is 10.6. The van der Waals surface area contributed by atoms with Crippen LogP contribution in [0.5, 0.6) is 17.2 Å². The summed E-state index contributed by atoms with van der Waals surface area (Å²) in [5.41, 5.74) is 2.23. The Labute approximate surface area is 204 Å². The zero-order valence-corrected chi connectivity index (χ0v) is 20.4. The summed E-state index contributed by atoms with van der Waals surface area (Å²) in [7, 11) is 4.54. The van der Waals surface area contributed by atoms with Crippen LogP contribution in [0.1, 0.15) is 37.8 Å². The molecule has 9 heteroatoms. The molecule has 0 aromatic heterocycles. The average molecular weight is 482 g/mol. The summed E-state index contributed by atoms with van der Waals surface area (Å²) >= 11 is 0. The lowest BCUT2D eigenvalue weighted by Crippen LogP contribution is -2.34. The second-order valence-corrected chi connectivity index (χ2v) is 8.90. The number of nitrogens with one attached hydrogen (secondary N) is 2. The van der Waals surface area contributed by atoms with E-state index in [2.05, 4.69) is 10.6 Å². The van der Waals surface area contributed by atoms with Gasteiger partial charge in [0.05, 0.1) is 39.0 Å². The number of carbonyl (C=O) groups is 3. The number of methoxy groups -OCH3 is 3. The van der Waals surface area contributed by atoms with Gasteiger partial charge in [0.2, 0.25) is 23.5 Å². The molecule has 0 spiro atoms. The predicted octanol–water partition coefficient (Wildman–Crippen LogP) is 3.29. The summed E-state index contributed by atoms with van der Waals surface area (Å²) in [6.07, 6.45) is 2.02. The fraction of sp³-hybridized carbons (Fsp3) is 0.423. The minimum Gasteiger partial charge on any atom is -0.493 e. The highest BCUT2D eigenvalue weighted by Gasteiger charge is 2.36. The maximum Gasteiger partial charge on any atom is 0.227 e. The lowest BCUT2D eigenvalue weighted by Gasteiger charge is -2.21. The Hall–Kier alpha value is -3.75. The summed E-state index contributed by atoms with van der Waals surface area (Å²) in [5, 5.41) is 5.92. The van der Waals surface area contributed by atoms with Crippen molar-refractivity contribution in [2.45, 2.75) is 32.2 Å². The summed E-state index contributed by atoms with van der Waals surface area (Å²) in [6.45, 7) is 2.14. The molecule has 186 valence electrons. The van der Waals surface area contributed by atoms with Gasteiger partial charge in [0.1, 0.15) is 0 Å². The fourth-order valence-electron chi connectivity index (χ4n) is 4.22. The predicted molar refractivity (Wildman–Crippen MR) is 131 cm³/mol. The second-order valence-electron chi connectivity index (χ2n) is 8.90. The zero-order chi connectivity index (χ0) is 25.1. The molecule has 9 nitrogen and oxygen atoms in total. The third kappa shape index (κ3) is 5.34. The number of amides is 3. The number of carbonyl (C=O) groups excluding carboxylic acids is 3. The highest BCUT2D eigenvalue weighted by Crippen LogP contribution is 2.42. The summed E-state index contributed by atoms with van der Waals surface area (Å²) in [5.74, 6) is 0.687. The first-order chi connectivity index (χ1) is 16.8. The molecule has 3 amide bonds. The van der Waals surface area contributed by atoms with E-state index in [9.17, 15) is 14.4 Å². The van der Waals surface area contributed by atoms with Crippen LogP contribution in [0.2, 0.25) is 0 Å². The van der Waals surface area contributed by atoms with Crippen LogP contribution < -0.4 is 29.7 Å². The van der Waals surface area contributed by atoms with Gasteiger partial charge in [-0.15, -0.1) is 0 Å². The van der Waals surface area contributed by atoms with Crippen LogP contribution in [-0.2, 0) is 14.4 Å². The van der Waals surface area contributed by atoms with Crippen molar-refractivity contribution in [3.63, 3.8) is 0 Å². The van der Waals surface area contributed by atoms with Crippen LogP contribution in [0, 0.1) is 11.8 Å². The molecule has 1 saturated carbocycles. The smallest absolute Gasteiger partial charge is 0.227 e.